The first-order valence-corrected chi connectivity index (χ1v) is 5.36. The summed E-state index contributed by atoms with van der Waals surface area (Å²) in [6.45, 7) is 0. The zero-order valence-electron chi connectivity index (χ0n) is 9.90. The third kappa shape index (κ3) is 2.62. The Labute approximate surface area is 106 Å². The topological polar surface area (TPSA) is 42.2 Å². The Balaban J connectivity index is 2.60. The van der Waals surface area contributed by atoms with Gasteiger partial charge in [0.15, 0.2) is 0 Å². The number of aliphatic carboxylic acids is 1. The largest absolute Gasteiger partial charge is 0.478 e. The van der Waals surface area contributed by atoms with Crippen molar-refractivity contribution in [2.75, 3.05) is 0 Å². The minimum Gasteiger partial charge on any atom is -0.478 e. The first kappa shape index (κ1) is 13.2. The number of alkyl halides is 3. The van der Waals surface area contributed by atoms with Crippen LogP contribution in [0.4, 0.5) is 13.2 Å². The summed E-state index contributed by atoms with van der Waals surface area (Å²) in [7, 11) is 1.78. The second-order valence-electron chi connectivity index (χ2n) is 4.09. The van der Waals surface area contributed by atoms with Gasteiger partial charge in [-0.2, -0.15) is 13.2 Å². The van der Waals surface area contributed by atoms with Gasteiger partial charge in [-0.25, -0.2) is 4.79 Å². The molecule has 0 bridgehead atoms. The fraction of sp³-hybridized carbons (Fsp3) is 0.154. The summed E-state index contributed by atoms with van der Waals surface area (Å²) in [6, 6.07) is 5.81. The van der Waals surface area contributed by atoms with E-state index in [1.54, 1.807) is 23.9 Å². The van der Waals surface area contributed by atoms with Crippen molar-refractivity contribution >= 4 is 22.4 Å². The van der Waals surface area contributed by atoms with Crippen LogP contribution < -0.4 is 0 Å². The van der Waals surface area contributed by atoms with Crippen LogP contribution in [0, 0.1) is 0 Å². The monoisotopic (exact) mass is 269 g/mol. The van der Waals surface area contributed by atoms with Crippen molar-refractivity contribution in [2.24, 2.45) is 7.05 Å². The van der Waals surface area contributed by atoms with Gasteiger partial charge in [-0.15, -0.1) is 0 Å². The molecule has 0 spiro atoms. The van der Waals surface area contributed by atoms with E-state index in [0.29, 0.717) is 5.39 Å². The summed E-state index contributed by atoms with van der Waals surface area (Å²) in [5.74, 6) is -1.62. The summed E-state index contributed by atoms with van der Waals surface area (Å²) in [5.41, 5.74) is -0.542. The second-order valence-corrected chi connectivity index (χ2v) is 4.09. The molecule has 0 aliphatic rings. The maximum Gasteiger partial charge on any atom is 0.417 e. The minimum absolute atomic E-state index is 0.159. The van der Waals surface area contributed by atoms with Crippen molar-refractivity contribution in [3.05, 3.63) is 42.1 Å². The van der Waals surface area contributed by atoms with E-state index in [9.17, 15) is 18.0 Å². The summed E-state index contributed by atoms with van der Waals surface area (Å²) < 4.78 is 40.3. The van der Waals surface area contributed by atoms with Gasteiger partial charge < -0.3 is 9.67 Å². The van der Waals surface area contributed by atoms with Gasteiger partial charge in [0.25, 0.3) is 0 Å². The summed E-state index contributed by atoms with van der Waals surface area (Å²) in [5, 5.41) is 9.17. The van der Waals surface area contributed by atoms with Crippen molar-refractivity contribution in [3.8, 4) is 0 Å². The molecule has 0 amide bonds. The number of rotatable bonds is 2. The zero-order valence-corrected chi connectivity index (χ0v) is 9.90. The minimum atomic E-state index is -4.71. The molecule has 0 aliphatic heterocycles. The third-order valence-electron chi connectivity index (χ3n) is 2.77. The first-order valence-electron chi connectivity index (χ1n) is 5.36. The van der Waals surface area contributed by atoms with E-state index in [-0.39, 0.29) is 11.6 Å². The number of nitrogens with zero attached hydrogens (tertiary/aromatic N) is 1. The van der Waals surface area contributed by atoms with Crippen LogP contribution in [0.3, 0.4) is 0 Å². The Morgan fingerprint density at radius 2 is 2.00 bits per heavy atom. The second kappa shape index (κ2) is 4.46. The lowest BCUT2D eigenvalue weighted by molar-refractivity contribution is -0.131. The summed E-state index contributed by atoms with van der Waals surface area (Å²) in [6.07, 6.45) is -2.80. The van der Waals surface area contributed by atoms with Crippen molar-refractivity contribution in [1.29, 1.82) is 0 Å². The Kier molecular flexibility index (Phi) is 3.09. The van der Waals surface area contributed by atoms with Crippen LogP contribution in [0.25, 0.3) is 16.5 Å². The fourth-order valence-electron chi connectivity index (χ4n) is 1.90. The number of allylic oxidation sites excluding steroid dienone is 1. The number of carboxylic acid groups (broad SMARTS) is 1. The molecule has 100 valence electrons. The van der Waals surface area contributed by atoms with Crippen LogP contribution in [-0.2, 0) is 11.8 Å². The maximum absolute atomic E-state index is 12.8. The number of aryl methyl sites for hydroxylation is 1. The van der Waals surface area contributed by atoms with Crippen molar-refractivity contribution in [2.45, 2.75) is 6.18 Å². The molecule has 0 saturated carbocycles. The molecular formula is C13H10F3NO2. The highest BCUT2D eigenvalue weighted by atomic mass is 19.4. The number of hydrogen-bond donors (Lipinski definition) is 1. The number of benzene rings is 1. The van der Waals surface area contributed by atoms with E-state index in [2.05, 4.69) is 0 Å². The van der Waals surface area contributed by atoms with Crippen LogP contribution in [0.15, 0.2) is 36.5 Å². The fourth-order valence-corrected chi connectivity index (χ4v) is 1.90. The van der Waals surface area contributed by atoms with Gasteiger partial charge in [-0.1, -0.05) is 6.07 Å². The molecule has 1 aromatic heterocycles. The Morgan fingerprint density at radius 1 is 1.32 bits per heavy atom. The Hall–Kier alpha value is -2.24. The zero-order chi connectivity index (χ0) is 14.2. The van der Waals surface area contributed by atoms with E-state index in [4.69, 9.17) is 5.11 Å². The molecule has 3 nitrogen and oxygen atoms in total. The van der Waals surface area contributed by atoms with Gasteiger partial charge in [0.05, 0.1) is 5.57 Å². The number of carboxylic acids is 1. The SMILES string of the molecule is Cn1ccc2cc(/C(=C\C(=O)O)C(F)(F)F)ccc21. The molecule has 1 heterocycles. The molecular weight excluding hydrogens is 259 g/mol. The van der Waals surface area contributed by atoms with Gasteiger partial charge in [-0.05, 0) is 23.8 Å². The molecule has 0 fully saturated rings. The lowest BCUT2D eigenvalue weighted by atomic mass is 10.0. The number of aromatic nitrogens is 1. The van der Waals surface area contributed by atoms with E-state index in [1.807, 2.05) is 0 Å². The quantitative estimate of drug-likeness (QED) is 0.850. The highest BCUT2D eigenvalue weighted by Gasteiger charge is 2.35. The molecule has 0 aliphatic carbocycles. The smallest absolute Gasteiger partial charge is 0.417 e. The number of hydrogen-bond acceptors (Lipinski definition) is 1. The van der Waals surface area contributed by atoms with Crippen LogP contribution in [0.2, 0.25) is 0 Å². The van der Waals surface area contributed by atoms with Crippen molar-refractivity contribution in [1.82, 2.24) is 4.57 Å². The highest BCUT2D eigenvalue weighted by molar-refractivity contribution is 5.93. The molecule has 0 saturated heterocycles. The molecule has 2 rings (SSSR count). The maximum atomic E-state index is 12.8. The highest BCUT2D eigenvalue weighted by Crippen LogP contribution is 2.35. The lowest BCUT2D eigenvalue weighted by Gasteiger charge is -2.11. The van der Waals surface area contributed by atoms with Crippen LogP contribution in [-0.4, -0.2) is 21.8 Å². The molecule has 1 aromatic carbocycles. The van der Waals surface area contributed by atoms with Gasteiger partial charge in [0.1, 0.15) is 0 Å². The van der Waals surface area contributed by atoms with Crippen LogP contribution in [0.5, 0.6) is 0 Å². The molecule has 1 N–H and O–H groups in total. The van der Waals surface area contributed by atoms with Crippen molar-refractivity contribution in [3.63, 3.8) is 0 Å². The van der Waals surface area contributed by atoms with E-state index >= 15 is 0 Å². The molecule has 0 atom stereocenters. The number of carbonyl (C=O) groups is 1. The van der Waals surface area contributed by atoms with Gasteiger partial charge in [0, 0.05) is 30.2 Å². The van der Waals surface area contributed by atoms with Gasteiger partial charge in [-0.3, -0.25) is 0 Å². The Morgan fingerprint density at radius 3 is 2.58 bits per heavy atom. The van der Waals surface area contributed by atoms with Crippen LogP contribution in [0.1, 0.15) is 5.56 Å². The van der Waals surface area contributed by atoms with Gasteiger partial charge >= 0.3 is 12.1 Å². The lowest BCUT2D eigenvalue weighted by Crippen LogP contribution is -2.12. The van der Waals surface area contributed by atoms with Gasteiger partial charge in [0.2, 0.25) is 0 Å². The molecule has 0 unspecified atom stereocenters. The molecule has 2 aromatic rings. The first-order chi connectivity index (χ1) is 8.79. The molecule has 6 heteroatoms. The van der Waals surface area contributed by atoms with E-state index in [1.165, 1.54) is 18.2 Å². The number of halogens is 3. The van der Waals surface area contributed by atoms with E-state index < -0.39 is 17.7 Å². The number of fused-ring (bicyclic) bond motifs is 1. The summed E-state index contributed by atoms with van der Waals surface area (Å²) in [4.78, 5) is 10.5. The standard InChI is InChI=1S/C13H10F3NO2/c1-17-5-4-9-6-8(2-3-11(9)17)10(7-12(18)19)13(14,15)16/h2-7H,1H3,(H,18,19)/b10-7+. The third-order valence-corrected chi connectivity index (χ3v) is 2.77. The Bertz CT molecular complexity index is 668. The predicted molar refractivity (Wildman–Crippen MR) is 64.6 cm³/mol. The molecule has 0 radical (unpaired) electrons. The summed E-state index contributed by atoms with van der Waals surface area (Å²) >= 11 is 0. The van der Waals surface area contributed by atoms with Crippen LogP contribution >= 0.6 is 0 Å². The average molecular weight is 269 g/mol. The van der Waals surface area contributed by atoms with Crippen molar-refractivity contribution < 1.29 is 23.1 Å². The molecule has 19 heavy (non-hydrogen) atoms. The average Bonchev–Trinajstić information content (AvgIpc) is 2.66. The normalized spacial score (nSPS) is 12.9. The predicted octanol–water partition coefficient (Wildman–Crippen LogP) is 3.21. The van der Waals surface area contributed by atoms with E-state index in [0.717, 1.165) is 5.52 Å².